The number of unbranched alkanes of at least 4 members (excludes halogenated alkanes) is 6. The monoisotopic (exact) mass is 369 g/mol. The molecule has 1 aromatic carbocycles. The highest BCUT2D eigenvalue weighted by atomic mass is 79.9. The average Bonchev–Trinajstić information content (AvgIpc) is 2.45. The van der Waals surface area contributed by atoms with Gasteiger partial charge in [-0.1, -0.05) is 82.2 Å². The van der Waals surface area contributed by atoms with Crippen LogP contribution in [0.2, 0.25) is 0 Å². The molecule has 0 aromatic heterocycles. The topological polar surface area (TPSA) is 26.0 Å². The first-order chi connectivity index (χ1) is 10.0. The highest BCUT2D eigenvalue weighted by Crippen LogP contribution is 2.25. The third-order valence-corrected chi connectivity index (χ3v) is 4.53. The standard InChI is InChI=1S/C20H35N.BrH/c1-4-5-6-7-8-9-13-16-19(20(2,3)21)17-18-14-11-10-12-15-18;/h10-12,14-15,19H,4-9,13,16-17,21H2,1-3H3;1H. The zero-order valence-corrected chi connectivity index (χ0v) is 16.5. The molecular formula is C20H36BrN. The van der Waals surface area contributed by atoms with Crippen molar-refractivity contribution < 1.29 is 0 Å². The van der Waals surface area contributed by atoms with Gasteiger partial charge in [-0.2, -0.15) is 0 Å². The summed E-state index contributed by atoms with van der Waals surface area (Å²) in [6.07, 6.45) is 12.0. The summed E-state index contributed by atoms with van der Waals surface area (Å²) in [6.45, 7) is 6.64. The van der Waals surface area contributed by atoms with Crippen LogP contribution in [0.25, 0.3) is 0 Å². The fourth-order valence-corrected chi connectivity index (χ4v) is 2.98. The van der Waals surface area contributed by atoms with E-state index < -0.39 is 0 Å². The number of nitrogens with two attached hydrogens (primary N) is 1. The van der Waals surface area contributed by atoms with Gasteiger partial charge in [-0.15, -0.1) is 17.0 Å². The fraction of sp³-hybridized carbons (Fsp3) is 0.700. The number of halogens is 1. The van der Waals surface area contributed by atoms with E-state index in [-0.39, 0.29) is 22.5 Å². The summed E-state index contributed by atoms with van der Waals surface area (Å²) in [6, 6.07) is 10.8. The van der Waals surface area contributed by atoms with Crippen molar-refractivity contribution in [1.29, 1.82) is 0 Å². The van der Waals surface area contributed by atoms with Crippen LogP contribution < -0.4 is 5.73 Å². The molecule has 128 valence electrons. The van der Waals surface area contributed by atoms with E-state index in [4.69, 9.17) is 5.73 Å². The molecule has 1 atom stereocenters. The molecule has 1 unspecified atom stereocenters. The van der Waals surface area contributed by atoms with Gasteiger partial charge in [0.2, 0.25) is 0 Å². The SMILES string of the molecule is Br.CCCCCCCCCC(Cc1ccccc1)C(C)(C)N. The smallest absolute Gasteiger partial charge is 0.0129 e. The van der Waals surface area contributed by atoms with E-state index in [0.29, 0.717) is 5.92 Å². The summed E-state index contributed by atoms with van der Waals surface area (Å²) in [5.74, 6) is 0.579. The summed E-state index contributed by atoms with van der Waals surface area (Å²) in [5.41, 5.74) is 7.74. The maximum Gasteiger partial charge on any atom is 0.0129 e. The van der Waals surface area contributed by atoms with Gasteiger partial charge in [0, 0.05) is 5.54 Å². The van der Waals surface area contributed by atoms with E-state index in [1.165, 1.54) is 56.9 Å². The van der Waals surface area contributed by atoms with Crippen molar-refractivity contribution in [3.63, 3.8) is 0 Å². The van der Waals surface area contributed by atoms with E-state index in [1.807, 2.05) is 0 Å². The Bertz CT molecular complexity index is 356. The maximum absolute atomic E-state index is 6.41. The molecule has 1 nitrogen and oxygen atoms in total. The molecule has 1 aromatic rings. The van der Waals surface area contributed by atoms with Gasteiger partial charge in [0.15, 0.2) is 0 Å². The minimum atomic E-state index is -0.0853. The van der Waals surface area contributed by atoms with Crippen molar-refractivity contribution in [3.8, 4) is 0 Å². The van der Waals surface area contributed by atoms with Gasteiger partial charge in [-0.25, -0.2) is 0 Å². The summed E-state index contributed by atoms with van der Waals surface area (Å²) in [5, 5.41) is 0. The van der Waals surface area contributed by atoms with Crippen molar-refractivity contribution >= 4 is 17.0 Å². The quantitative estimate of drug-likeness (QED) is 0.454. The van der Waals surface area contributed by atoms with Gasteiger partial charge in [-0.3, -0.25) is 0 Å². The number of hydrogen-bond donors (Lipinski definition) is 1. The lowest BCUT2D eigenvalue weighted by Gasteiger charge is -2.31. The van der Waals surface area contributed by atoms with E-state index in [0.717, 1.165) is 6.42 Å². The molecule has 0 aliphatic carbocycles. The molecule has 22 heavy (non-hydrogen) atoms. The van der Waals surface area contributed by atoms with Crippen LogP contribution in [0.1, 0.15) is 77.7 Å². The van der Waals surface area contributed by atoms with Crippen molar-refractivity contribution in [2.45, 2.75) is 84.1 Å². The second-order valence-corrected chi connectivity index (χ2v) is 7.12. The third-order valence-electron chi connectivity index (χ3n) is 4.53. The van der Waals surface area contributed by atoms with Crippen molar-refractivity contribution in [1.82, 2.24) is 0 Å². The molecule has 0 bridgehead atoms. The molecule has 0 radical (unpaired) electrons. The van der Waals surface area contributed by atoms with Crippen molar-refractivity contribution in [2.75, 3.05) is 0 Å². The molecule has 0 spiro atoms. The fourth-order valence-electron chi connectivity index (χ4n) is 2.98. The van der Waals surface area contributed by atoms with Crippen LogP contribution in [-0.4, -0.2) is 5.54 Å². The molecule has 0 fully saturated rings. The second kappa shape index (κ2) is 12.1. The predicted molar refractivity (Wildman–Crippen MR) is 105 cm³/mol. The summed E-state index contributed by atoms with van der Waals surface area (Å²) in [4.78, 5) is 0. The molecule has 0 saturated heterocycles. The van der Waals surface area contributed by atoms with Crippen LogP contribution in [0.15, 0.2) is 30.3 Å². The lowest BCUT2D eigenvalue weighted by molar-refractivity contribution is 0.290. The summed E-state index contributed by atoms with van der Waals surface area (Å²) < 4.78 is 0. The first-order valence-corrected chi connectivity index (χ1v) is 8.87. The first kappa shape index (κ1) is 21.7. The first-order valence-electron chi connectivity index (χ1n) is 8.87. The van der Waals surface area contributed by atoms with E-state index >= 15 is 0 Å². The largest absolute Gasteiger partial charge is 0.325 e. The number of benzene rings is 1. The summed E-state index contributed by atoms with van der Waals surface area (Å²) in [7, 11) is 0. The van der Waals surface area contributed by atoms with Crippen LogP contribution >= 0.6 is 17.0 Å². The summed E-state index contributed by atoms with van der Waals surface area (Å²) >= 11 is 0. The van der Waals surface area contributed by atoms with Gasteiger partial charge in [0.25, 0.3) is 0 Å². The minimum Gasteiger partial charge on any atom is -0.325 e. The van der Waals surface area contributed by atoms with Gasteiger partial charge >= 0.3 is 0 Å². The van der Waals surface area contributed by atoms with Crippen molar-refractivity contribution in [2.24, 2.45) is 11.7 Å². The van der Waals surface area contributed by atoms with Crippen LogP contribution in [0.3, 0.4) is 0 Å². The van der Waals surface area contributed by atoms with Gasteiger partial charge in [0.05, 0.1) is 0 Å². The number of rotatable bonds is 11. The normalized spacial score (nSPS) is 12.7. The Hall–Kier alpha value is -0.340. The molecular weight excluding hydrogens is 334 g/mol. The Morgan fingerprint density at radius 1 is 0.909 bits per heavy atom. The third kappa shape index (κ3) is 9.63. The van der Waals surface area contributed by atoms with E-state index in [1.54, 1.807) is 0 Å². The molecule has 0 heterocycles. The van der Waals surface area contributed by atoms with Crippen LogP contribution in [0, 0.1) is 5.92 Å². The minimum absolute atomic E-state index is 0. The lowest BCUT2D eigenvalue weighted by Crippen LogP contribution is -2.42. The molecule has 2 N–H and O–H groups in total. The maximum atomic E-state index is 6.41. The van der Waals surface area contributed by atoms with E-state index in [2.05, 4.69) is 51.1 Å². The molecule has 1 rings (SSSR count). The number of hydrogen-bond acceptors (Lipinski definition) is 1. The average molecular weight is 370 g/mol. The predicted octanol–water partition coefficient (Wildman–Crippen LogP) is 6.30. The zero-order valence-electron chi connectivity index (χ0n) is 14.8. The Morgan fingerprint density at radius 2 is 1.45 bits per heavy atom. The van der Waals surface area contributed by atoms with Crippen LogP contribution in [0.4, 0.5) is 0 Å². The molecule has 2 heteroatoms. The van der Waals surface area contributed by atoms with Crippen LogP contribution in [0.5, 0.6) is 0 Å². The highest BCUT2D eigenvalue weighted by Gasteiger charge is 2.24. The van der Waals surface area contributed by atoms with Gasteiger partial charge in [0.1, 0.15) is 0 Å². The highest BCUT2D eigenvalue weighted by molar-refractivity contribution is 8.93. The van der Waals surface area contributed by atoms with Gasteiger partial charge < -0.3 is 5.73 Å². The van der Waals surface area contributed by atoms with Crippen LogP contribution in [-0.2, 0) is 6.42 Å². The Kier molecular flexibility index (Phi) is 11.9. The zero-order chi connectivity index (χ0) is 15.6. The Balaban J connectivity index is 0.00000441. The van der Waals surface area contributed by atoms with E-state index in [9.17, 15) is 0 Å². The van der Waals surface area contributed by atoms with Crippen molar-refractivity contribution in [3.05, 3.63) is 35.9 Å². The Labute approximate surface area is 148 Å². The molecule has 0 saturated carbocycles. The lowest BCUT2D eigenvalue weighted by atomic mass is 9.80. The molecule has 0 aliphatic heterocycles. The molecule has 0 amide bonds. The Morgan fingerprint density at radius 3 is 2.00 bits per heavy atom. The molecule has 0 aliphatic rings. The van der Waals surface area contributed by atoms with Gasteiger partial charge in [-0.05, 0) is 38.2 Å². The second-order valence-electron chi connectivity index (χ2n) is 7.12.